The number of hydrogen-bond acceptors (Lipinski definition) is 5. The molecule has 0 unspecified atom stereocenters. The van der Waals surface area contributed by atoms with Crippen molar-refractivity contribution in [1.29, 1.82) is 0 Å². The Labute approximate surface area is 209 Å². The van der Waals surface area contributed by atoms with E-state index in [9.17, 15) is 19.3 Å². The van der Waals surface area contributed by atoms with Gasteiger partial charge in [-0.1, -0.05) is 42.5 Å². The van der Waals surface area contributed by atoms with Gasteiger partial charge in [0.05, 0.1) is 16.9 Å². The van der Waals surface area contributed by atoms with Crippen molar-refractivity contribution in [3.05, 3.63) is 105 Å². The summed E-state index contributed by atoms with van der Waals surface area (Å²) in [6.45, 7) is 3.40. The van der Waals surface area contributed by atoms with Gasteiger partial charge in [0.1, 0.15) is 5.82 Å². The van der Waals surface area contributed by atoms with Crippen LogP contribution in [-0.2, 0) is 24.2 Å². The first-order valence-electron chi connectivity index (χ1n) is 12.3. The normalized spacial score (nSPS) is 19.3. The first-order chi connectivity index (χ1) is 17.5. The standard InChI is InChI=1S/C28H29FN4O3/c29-23-8-6-21(7-9-23)18-31-14-15-32-26-11-10-24(33(35)36)16-22(26)17-25(27(32)19-31)28(34)30-13-12-20-4-2-1-3-5-20/h1-11,16,25,27H,12-15,17-19H2,(H,30,34)/t25-,27+/m0/s1. The number of amides is 1. The molecule has 2 aliphatic rings. The maximum Gasteiger partial charge on any atom is 0.269 e. The molecule has 7 nitrogen and oxygen atoms in total. The van der Waals surface area contributed by atoms with E-state index in [1.54, 1.807) is 24.3 Å². The molecule has 2 aliphatic heterocycles. The minimum Gasteiger partial charge on any atom is -0.365 e. The van der Waals surface area contributed by atoms with Gasteiger partial charge in [0.2, 0.25) is 5.91 Å². The molecule has 0 saturated carbocycles. The molecule has 0 bridgehead atoms. The van der Waals surface area contributed by atoms with Crippen molar-refractivity contribution in [3.8, 4) is 0 Å². The molecule has 0 aromatic heterocycles. The Kier molecular flexibility index (Phi) is 6.95. The van der Waals surface area contributed by atoms with Gasteiger partial charge in [0.25, 0.3) is 5.69 Å². The van der Waals surface area contributed by atoms with E-state index in [0.29, 0.717) is 32.6 Å². The first kappa shape index (κ1) is 23.9. The van der Waals surface area contributed by atoms with Gasteiger partial charge in [-0.3, -0.25) is 19.8 Å². The lowest BCUT2D eigenvalue weighted by atomic mass is 9.83. The van der Waals surface area contributed by atoms with Gasteiger partial charge >= 0.3 is 0 Å². The van der Waals surface area contributed by atoms with Crippen molar-refractivity contribution in [2.45, 2.75) is 25.4 Å². The van der Waals surface area contributed by atoms with Crippen LogP contribution in [0.1, 0.15) is 16.7 Å². The van der Waals surface area contributed by atoms with Crippen LogP contribution in [-0.4, -0.2) is 48.0 Å². The topological polar surface area (TPSA) is 78.7 Å². The van der Waals surface area contributed by atoms with E-state index in [-0.39, 0.29) is 34.3 Å². The fourth-order valence-corrected chi connectivity index (χ4v) is 5.38. The molecule has 2 atom stereocenters. The third-order valence-corrected chi connectivity index (χ3v) is 7.20. The molecule has 186 valence electrons. The van der Waals surface area contributed by atoms with Crippen LogP contribution in [0.4, 0.5) is 15.8 Å². The van der Waals surface area contributed by atoms with Crippen LogP contribution in [0, 0.1) is 21.8 Å². The highest BCUT2D eigenvalue weighted by Crippen LogP contribution is 2.38. The van der Waals surface area contributed by atoms with E-state index in [2.05, 4.69) is 15.1 Å². The van der Waals surface area contributed by atoms with E-state index in [1.165, 1.54) is 12.1 Å². The number of piperazine rings is 1. The summed E-state index contributed by atoms with van der Waals surface area (Å²) in [5, 5.41) is 14.5. The van der Waals surface area contributed by atoms with Gasteiger partial charge < -0.3 is 10.2 Å². The molecule has 3 aromatic rings. The molecule has 1 saturated heterocycles. The predicted octanol–water partition coefficient (Wildman–Crippen LogP) is 3.96. The van der Waals surface area contributed by atoms with Gasteiger partial charge in [-0.25, -0.2) is 4.39 Å². The molecule has 36 heavy (non-hydrogen) atoms. The van der Waals surface area contributed by atoms with Gasteiger partial charge in [0.15, 0.2) is 0 Å². The van der Waals surface area contributed by atoms with E-state index in [4.69, 9.17) is 0 Å². The Morgan fingerprint density at radius 2 is 1.81 bits per heavy atom. The Bertz CT molecular complexity index is 1240. The lowest BCUT2D eigenvalue weighted by Crippen LogP contribution is -2.61. The number of non-ortho nitro benzene ring substituents is 1. The summed E-state index contributed by atoms with van der Waals surface area (Å²) in [4.78, 5) is 29.0. The predicted molar refractivity (Wildman–Crippen MR) is 136 cm³/mol. The lowest BCUT2D eigenvalue weighted by molar-refractivity contribution is -0.384. The van der Waals surface area contributed by atoms with Gasteiger partial charge in [-0.15, -0.1) is 0 Å². The van der Waals surface area contributed by atoms with Crippen molar-refractivity contribution in [3.63, 3.8) is 0 Å². The van der Waals surface area contributed by atoms with Crippen molar-refractivity contribution < 1.29 is 14.1 Å². The molecular formula is C28H29FN4O3. The molecule has 2 heterocycles. The Morgan fingerprint density at radius 1 is 1.03 bits per heavy atom. The number of carbonyl (C=O) groups is 1. The maximum atomic E-state index is 13.4. The summed E-state index contributed by atoms with van der Waals surface area (Å²) < 4.78 is 13.3. The first-order valence-corrected chi connectivity index (χ1v) is 12.3. The Balaban J connectivity index is 1.35. The van der Waals surface area contributed by atoms with Crippen molar-refractivity contribution in [1.82, 2.24) is 10.2 Å². The molecule has 8 heteroatoms. The minimum absolute atomic E-state index is 0.0262. The summed E-state index contributed by atoms with van der Waals surface area (Å²) in [5.41, 5.74) is 4.05. The van der Waals surface area contributed by atoms with Crippen LogP contribution in [0.3, 0.4) is 0 Å². The number of benzene rings is 3. The minimum atomic E-state index is -0.387. The van der Waals surface area contributed by atoms with Gasteiger partial charge in [0, 0.05) is 50.5 Å². The van der Waals surface area contributed by atoms with Crippen LogP contribution in [0.15, 0.2) is 72.8 Å². The zero-order valence-electron chi connectivity index (χ0n) is 20.0. The number of rotatable bonds is 7. The molecule has 0 radical (unpaired) electrons. The zero-order valence-corrected chi connectivity index (χ0v) is 20.0. The molecule has 0 aliphatic carbocycles. The lowest BCUT2D eigenvalue weighted by Gasteiger charge is -2.49. The Hall–Kier alpha value is -3.78. The molecule has 1 amide bonds. The molecular weight excluding hydrogens is 459 g/mol. The second-order valence-electron chi connectivity index (χ2n) is 9.53. The quantitative estimate of drug-likeness (QED) is 0.402. The SMILES string of the molecule is O=C(NCCc1ccccc1)[C@H]1Cc2cc([N+](=O)[O-])ccc2N2CCN(Cc3ccc(F)cc3)C[C@H]12. The fourth-order valence-electron chi connectivity index (χ4n) is 5.38. The smallest absolute Gasteiger partial charge is 0.269 e. The van der Waals surface area contributed by atoms with E-state index in [0.717, 1.165) is 35.3 Å². The van der Waals surface area contributed by atoms with E-state index < -0.39 is 0 Å². The molecule has 1 fully saturated rings. The largest absolute Gasteiger partial charge is 0.365 e. The number of hydrogen-bond donors (Lipinski definition) is 1. The average Bonchev–Trinajstić information content (AvgIpc) is 2.89. The number of nitro groups is 1. The van der Waals surface area contributed by atoms with Crippen molar-refractivity contribution >= 4 is 17.3 Å². The summed E-state index contributed by atoms with van der Waals surface area (Å²) in [6.07, 6.45) is 1.20. The number of nitro benzene ring substituents is 1. The number of anilines is 1. The van der Waals surface area contributed by atoms with E-state index >= 15 is 0 Å². The van der Waals surface area contributed by atoms with Crippen LogP contribution in [0.2, 0.25) is 0 Å². The Morgan fingerprint density at radius 3 is 2.56 bits per heavy atom. The van der Waals surface area contributed by atoms with Crippen LogP contribution < -0.4 is 10.2 Å². The van der Waals surface area contributed by atoms with Crippen molar-refractivity contribution in [2.24, 2.45) is 5.92 Å². The second kappa shape index (κ2) is 10.5. The maximum absolute atomic E-state index is 13.4. The number of fused-ring (bicyclic) bond motifs is 3. The fraction of sp³-hybridized carbons (Fsp3) is 0.321. The molecule has 0 spiro atoms. The second-order valence-corrected chi connectivity index (χ2v) is 9.53. The third kappa shape index (κ3) is 5.23. The summed E-state index contributed by atoms with van der Waals surface area (Å²) in [5.74, 6) is -0.609. The molecule has 3 aromatic carbocycles. The number of nitrogens with one attached hydrogen (secondary N) is 1. The number of nitrogens with zero attached hydrogens (tertiary/aromatic N) is 3. The summed E-state index contributed by atoms with van der Waals surface area (Å²) in [7, 11) is 0. The van der Waals surface area contributed by atoms with Crippen LogP contribution in [0.5, 0.6) is 0 Å². The third-order valence-electron chi connectivity index (χ3n) is 7.20. The van der Waals surface area contributed by atoms with Gasteiger partial charge in [-0.05, 0) is 47.7 Å². The van der Waals surface area contributed by atoms with Crippen molar-refractivity contribution in [2.75, 3.05) is 31.1 Å². The van der Waals surface area contributed by atoms with Gasteiger partial charge in [-0.2, -0.15) is 0 Å². The molecule has 1 N–H and O–H groups in total. The number of halogens is 1. The van der Waals surface area contributed by atoms with Crippen LogP contribution >= 0.6 is 0 Å². The molecule has 5 rings (SSSR count). The highest BCUT2D eigenvalue weighted by Gasteiger charge is 2.41. The summed E-state index contributed by atoms with van der Waals surface area (Å²) >= 11 is 0. The summed E-state index contributed by atoms with van der Waals surface area (Å²) in [6, 6.07) is 21.5. The zero-order chi connectivity index (χ0) is 25.1. The monoisotopic (exact) mass is 488 g/mol. The number of carbonyl (C=O) groups excluding carboxylic acids is 1. The highest BCUT2D eigenvalue weighted by atomic mass is 19.1. The average molecular weight is 489 g/mol. The highest BCUT2D eigenvalue weighted by molar-refractivity contribution is 5.82. The van der Waals surface area contributed by atoms with E-state index in [1.807, 2.05) is 36.4 Å². The van der Waals surface area contributed by atoms with Crippen LogP contribution in [0.25, 0.3) is 0 Å².